The van der Waals surface area contributed by atoms with E-state index >= 15 is 0 Å². The van der Waals surface area contributed by atoms with Gasteiger partial charge in [0.25, 0.3) is 5.22 Å². The zero-order valence-electron chi connectivity index (χ0n) is 9.61. The highest BCUT2D eigenvalue weighted by molar-refractivity contribution is 7.99. The Hall–Kier alpha value is -2.34. The van der Waals surface area contributed by atoms with Crippen molar-refractivity contribution < 1.29 is 14.3 Å². The summed E-state index contributed by atoms with van der Waals surface area (Å²) in [4.78, 5) is 19.7. The lowest BCUT2D eigenvalue weighted by molar-refractivity contribution is 0.0698. The van der Waals surface area contributed by atoms with Crippen LogP contribution in [0.2, 0.25) is 0 Å². The first-order chi connectivity index (χ1) is 9.24. The summed E-state index contributed by atoms with van der Waals surface area (Å²) in [6.07, 6.45) is 2.99. The molecule has 0 aliphatic rings. The predicted octanol–water partition coefficient (Wildman–Crippen LogP) is 3.07. The van der Waals surface area contributed by atoms with E-state index < -0.39 is 5.97 Å². The monoisotopic (exact) mass is 272 g/mol. The number of oxazole rings is 1. The summed E-state index contributed by atoms with van der Waals surface area (Å²) in [7, 11) is 0. The molecule has 0 fully saturated rings. The predicted molar refractivity (Wildman–Crippen MR) is 69.3 cm³/mol. The normalized spacial score (nSPS) is 10.7. The third-order valence-electron chi connectivity index (χ3n) is 2.52. The first kappa shape index (κ1) is 11.7. The highest BCUT2D eigenvalue weighted by Gasteiger charge is 2.13. The summed E-state index contributed by atoms with van der Waals surface area (Å²) in [5.74, 6) is -0.979. The molecule has 1 N–H and O–H groups in total. The van der Waals surface area contributed by atoms with Crippen molar-refractivity contribution in [3.63, 3.8) is 0 Å². The number of para-hydroxylation sites is 1. The first-order valence-electron chi connectivity index (χ1n) is 5.44. The molecule has 0 saturated heterocycles. The summed E-state index contributed by atoms with van der Waals surface area (Å²) in [6.45, 7) is 0. The quantitative estimate of drug-likeness (QED) is 0.789. The van der Waals surface area contributed by atoms with Crippen molar-refractivity contribution in [2.45, 2.75) is 10.2 Å². The molecule has 0 bridgehead atoms. The number of pyridine rings is 1. The smallest absolute Gasteiger partial charge is 0.336 e. The van der Waals surface area contributed by atoms with Gasteiger partial charge in [0.1, 0.15) is 11.3 Å². The van der Waals surface area contributed by atoms with Crippen LogP contribution in [0.5, 0.6) is 0 Å². The molecule has 0 saturated carbocycles. The van der Waals surface area contributed by atoms with Crippen LogP contribution in [0.4, 0.5) is 0 Å². The highest BCUT2D eigenvalue weighted by Crippen LogP contribution is 2.28. The third-order valence-corrected chi connectivity index (χ3v) is 3.32. The van der Waals surface area contributed by atoms with Gasteiger partial charge in [0.15, 0.2) is 0 Å². The van der Waals surface area contributed by atoms with Crippen LogP contribution in [0.15, 0.2) is 57.5 Å². The molecule has 94 valence electrons. The highest BCUT2D eigenvalue weighted by atomic mass is 32.2. The molecule has 0 unspecified atom stereocenters. The maximum Gasteiger partial charge on any atom is 0.336 e. The molecule has 19 heavy (non-hydrogen) atoms. The van der Waals surface area contributed by atoms with E-state index in [1.165, 1.54) is 30.3 Å². The van der Waals surface area contributed by atoms with Crippen LogP contribution < -0.4 is 0 Å². The molecule has 0 radical (unpaired) electrons. The number of hydrogen-bond acceptors (Lipinski definition) is 5. The van der Waals surface area contributed by atoms with Crippen molar-refractivity contribution in [1.29, 1.82) is 0 Å². The van der Waals surface area contributed by atoms with E-state index in [9.17, 15) is 9.90 Å². The number of aromatic carboxylic acids is 1. The van der Waals surface area contributed by atoms with Crippen molar-refractivity contribution in [3.05, 3.63) is 48.4 Å². The number of carboxylic acid groups (broad SMARTS) is 1. The second-order valence-corrected chi connectivity index (χ2v) is 4.70. The molecule has 0 atom stereocenters. The lowest BCUT2D eigenvalue weighted by Gasteiger charge is -2.04. The van der Waals surface area contributed by atoms with E-state index in [2.05, 4.69) is 9.97 Å². The largest absolute Gasteiger partial charge is 0.478 e. The number of hydrogen-bond donors (Lipinski definition) is 1. The van der Waals surface area contributed by atoms with Crippen molar-refractivity contribution >= 4 is 28.6 Å². The summed E-state index contributed by atoms with van der Waals surface area (Å²) in [5, 5.41) is 10.8. The van der Waals surface area contributed by atoms with Crippen LogP contribution in [0, 0.1) is 0 Å². The van der Waals surface area contributed by atoms with Gasteiger partial charge in [-0.3, -0.25) is 0 Å². The minimum atomic E-state index is -0.979. The number of rotatable bonds is 3. The summed E-state index contributed by atoms with van der Waals surface area (Å²) >= 11 is 1.19. The molecule has 1 aromatic carbocycles. The minimum Gasteiger partial charge on any atom is -0.478 e. The van der Waals surface area contributed by atoms with Crippen LogP contribution in [-0.2, 0) is 0 Å². The van der Waals surface area contributed by atoms with E-state index in [1.54, 1.807) is 18.2 Å². The van der Waals surface area contributed by atoms with Gasteiger partial charge in [0.05, 0.1) is 17.3 Å². The molecule has 0 aliphatic carbocycles. The summed E-state index contributed by atoms with van der Waals surface area (Å²) in [5.41, 5.74) is 0.858. The molecule has 6 heteroatoms. The Morgan fingerprint density at radius 1 is 1.32 bits per heavy atom. The average molecular weight is 272 g/mol. The molecule has 0 spiro atoms. The lowest BCUT2D eigenvalue weighted by atomic mass is 10.1. The van der Waals surface area contributed by atoms with E-state index in [1.807, 2.05) is 6.07 Å². The Morgan fingerprint density at radius 3 is 2.89 bits per heavy atom. The Balaban J connectivity index is 2.13. The lowest BCUT2D eigenvalue weighted by Crippen LogP contribution is -1.99. The molecular formula is C13H8N2O3S. The molecule has 2 heterocycles. The number of benzene rings is 1. The van der Waals surface area contributed by atoms with Gasteiger partial charge >= 0.3 is 5.97 Å². The van der Waals surface area contributed by atoms with Gasteiger partial charge in [-0.1, -0.05) is 18.2 Å². The molecule has 0 aliphatic heterocycles. The molecule has 0 amide bonds. The number of carbonyl (C=O) groups is 1. The van der Waals surface area contributed by atoms with Crippen molar-refractivity contribution in [1.82, 2.24) is 9.97 Å². The number of nitrogens with zero attached hydrogens (tertiary/aromatic N) is 2. The van der Waals surface area contributed by atoms with Gasteiger partial charge in [-0.15, -0.1) is 0 Å². The van der Waals surface area contributed by atoms with E-state index in [-0.39, 0.29) is 5.56 Å². The Kier molecular flexibility index (Phi) is 2.92. The molecule has 2 aromatic heterocycles. The summed E-state index contributed by atoms with van der Waals surface area (Å²) in [6, 6.07) is 8.66. The number of aromatic nitrogens is 2. The second-order valence-electron chi connectivity index (χ2n) is 3.73. The topological polar surface area (TPSA) is 76.2 Å². The van der Waals surface area contributed by atoms with Crippen molar-refractivity contribution in [2.75, 3.05) is 0 Å². The SMILES string of the molecule is O=C(O)c1cc(Sc2ncco2)nc2ccccc12. The first-order valence-corrected chi connectivity index (χ1v) is 6.26. The van der Waals surface area contributed by atoms with Gasteiger partial charge in [-0.2, -0.15) is 0 Å². The van der Waals surface area contributed by atoms with Gasteiger partial charge < -0.3 is 9.52 Å². The molecule has 3 aromatic rings. The van der Waals surface area contributed by atoms with Gasteiger partial charge in [-0.05, 0) is 23.9 Å². The number of carboxylic acids is 1. The fourth-order valence-corrected chi connectivity index (χ4v) is 2.45. The fraction of sp³-hybridized carbons (Fsp3) is 0. The van der Waals surface area contributed by atoms with Gasteiger partial charge in [0.2, 0.25) is 0 Å². The Bertz CT molecular complexity index is 741. The van der Waals surface area contributed by atoms with Gasteiger partial charge in [-0.25, -0.2) is 14.8 Å². The fourth-order valence-electron chi connectivity index (χ4n) is 1.73. The minimum absolute atomic E-state index is 0.222. The standard InChI is InChI=1S/C13H8N2O3S/c16-12(17)9-7-11(19-13-14-5-6-18-13)15-10-4-2-1-3-8(9)10/h1-7H,(H,16,17). The molecular weight excluding hydrogens is 264 g/mol. The zero-order valence-corrected chi connectivity index (χ0v) is 10.4. The maximum absolute atomic E-state index is 11.3. The third kappa shape index (κ3) is 2.30. The average Bonchev–Trinajstić information content (AvgIpc) is 2.90. The maximum atomic E-state index is 11.3. The van der Waals surface area contributed by atoms with Crippen molar-refractivity contribution in [2.24, 2.45) is 0 Å². The van der Waals surface area contributed by atoms with Gasteiger partial charge in [0, 0.05) is 5.39 Å². The van der Waals surface area contributed by atoms with E-state index in [0.717, 1.165) is 0 Å². The summed E-state index contributed by atoms with van der Waals surface area (Å²) < 4.78 is 5.11. The second kappa shape index (κ2) is 4.74. The zero-order chi connectivity index (χ0) is 13.2. The van der Waals surface area contributed by atoms with Crippen molar-refractivity contribution in [3.8, 4) is 0 Å². The number of fused-ring (bicyclic) bond motifs is 1. The molecule has 5 nitrogen and oxygen atoms in total. The van der Waals surface area contributed by atoms with Crippen LogP contribution in [-0.4, -0.2) is 21.0 Å². The Morgan fingerprint density at radius 2 is 2.16 bits per heavy atom. The van der Waals surface area contributed by atoms with Crippen LogP contribution in [0.1, 0.15) is 10.4 Å². The van der Waals surface area contributed by atoms with E-state index in [0.29, 0.717) is 21.2 Å². The van der Waals surface area contributed by atoms with Crippen LogP contribution in [0.25, 0.3) is 10.9 Å². The van der Waals surface area contributed by atoms with E-state index in [4.69, 9.17) is 4.42 Å². The molecule has 3 rings (SSSR count). The Labute approximate surface area is 112 Å². The van der Waals surface area contributed by atoms with Crippen LogP contribution in [0.3, 0.4) is 0 Å². The van der Waals surface area contributed by atoms with Crippen LogP contribution >= 0.6 is 11.8 Å².